The van der Waals surface area contributed by atoms with Crippen molar-refractivity contribution in [2.24, 2.45) is 0 Å². The smallest absolute Gasteiger partial charge is 0.269 e. The lowest BCUT2D eigenvalue weighted by Gasteiger charge is -2.05. The number of non-ortho nitro benzene ring substituents is 1. The van der Waals surface area contributed by atoms with E-state index in [1.807, 2.05) is 0 Å². The Bertz CT molecular complexity index is 707. The van der Waals surface area contributed by atoms with Gasteiger partial charge in [0.15, 0.2) is 0 Å². The molecule has 7 nitrogen and oxygen atoms in total. The topological polar surface area (TPSA) is 105 Å². The van der Waals surface area contributed by atoms with E-state index in [2.05, 4.69) is 10.3 Å². The lowest BCUT2D eigenvalue weighted by atomic mass is 10.1. The van der Waals surface area contributed by atoms with Crippen molar-refractivity contribution in [3.63, 3.8) is 0 Å². The summed E-state index contributed by atoms with van der Waals surface area (Å²) in [5.74, 6) is -0.366. The fourth-order valence-electron chi connectivity index (χ4n) is 1.78. The Morgan fingerprint density at radius 1 is 1.19 bits per heavy atom. The van der Waals surface area contributed by atoms with Gasteiger partial charge in [-0.3, -0.25) is 19.7 Å². The Kier molecular flexibility index (Phi) is 4.45. The predicted octanol–water partition coefficient (Wildman–Crippen LogP) is 1.26. The number of hydrogen-bond donors (Lipinski definition) is 2. The molecule has 1 aromatic carbocycles. The lowest BCUT2D eigenvalue weighted by Crippen LogP contribution is -2.28. The molecule has 7 heteroatoms. The molecule has 108 valence electrons. The fourth-order valence-corrected chi connectivity index (χ4v) is 1.78. The van der Waals surface area contributed by atoms with Crippen molar-refractivity contribution in [2.45, 2.75) is 6.42 Å². The van der Waals surface area contributed by atoms with E-state index >= 15 is 0 Å². The third-order valence-corrected chi connectivity index (χ3v) is 2.86. The van der Waals surface area contributed by atoms with Crippen LogP contribution < -0.4 is 10.9 Å². The van der Waals surface area contributed by atoms with Gasteiger partial charge in [0.25, 0.3) is 11.6 Å². The number of H-pyrrole nitrogens is 1. The van der Waals surface area contributed by atoms with Gasteiger partial charge in [-0.2, -0.15) is 0 Å². The molecule has 0 saturated heterocycles. The number of carbonyl (C=O) groups excluding carboxylic acids is 1. The van der Waals surface area contributed by atoms with Crippen LogP contribution >= 0.6 is 0 Å². The van der Waals surface area contributed by atoms with E-state index in [9.17, 15) is 19.7 Å². The van der Waals surface area contributed by atoms with Crippen LogP contribution in [0.25, 0.3) is 0 Å². The van der Waals surface area contributed by atoms with Crippen LogP contribution in [0.1, 0.15) is 16.1 Å². The molecule has 0 saturated carbocycles. The molecule has 2 aromatic rings. The van der Waals surface area contributed by atoms with Crippen LogP contribution in [0.5, 0.6) is 0 Å². The number of nitro benzene ring substituents is 1. The van der Waals surface area contributed by atoms with Gasteiger partial charge in [-0.05, 0) is 18.1 Å². The third kappa shape index (κ3) is 4.00. The summed E-state index contributed by atoms with van der Waals surface area (Å²) in [6.45, 7) is 0.369. The van der Waals surface area contributed by atoms with Gasteiger partial charge in [0, 0.05) is 24.7 Å². The number of hydrogen-bond acceptors (Lipinski definition) is 4. The highest BCUT2D eigenvalue weighted by Crippen LogP contribution is 2.11. The molecular formula is C14H13N3O4. The summed E-state index contributed by atoms with van der Waals surface area (Å²) in [7, 11) is 0. The second-order valence-electron chi connectivity index (χ2n) is 4.36. The van der Waals surface area contributed by atoms with E-state index in [0.717, 1.165) is 5.56 Å². The Morgan fingerprint density at radius 2 is 1.90 bits per heavy atom. The molecule has 2 rings (SSSR count). The molecule has 2 N–H and O–H groups in total. The quantitative estimate of drug-likeness (QED) is 0.637. The molecule has 0 radical (unpaired) electrons. The Labute approximate surface area is 119 Å². The Balaban J connectivity index is 1.88. The molecule has 1 aromatic heterocycles. The van der Waals surface area contributed by atoms with Gasteiger partial charge in [0.05, 0.1) is 4.92 Å². The number of benzene rings is 1. The molecule has 0 aliphatic rings. The van der Waals surface area contributed by atoms with Crippen LogP contribution in [-0.2, 0) is 6.42 Å². The molecular weight excluding hydrogens is 274 g/mol. The van der Waals surface area contributed by atoms with Crippen LogP contribution in [0, 0.1) is 10.1 Å². The number of aromatic amines is 1. The average Bonchev–Trinajstić information content (AvgIpc) is 2.47. The van der Waals surface area contributed by atoms with Crippen molar-refractivity contribution in [3.05, 3.63) is 74.2 Å². The van der Waals surface area contributed by atoms with E-state index in [1.165, 1.54) is 30.3 Å². The van der Waals surface area contributed by atoms with Crippen LogP contribution in [0.4, 0.5) is 5.69 Å². The summed E-state index contributed by atoms with van der Waals surface area (Å²) in [6.07, 6.45) is 0.542. The number of nitro groups is 1. The number of nitrogens with one attached hydrogen (secondary N) is 2. The van der Waals surface area contributed by atoms with Gasteiger partial charge in [-0.15, -0.1) is 0 Å². The predicted molar refractivity (Wildman–Crippen MR) is 76.2 cm³/mol. The first-order valence-electron chi connectivity index (χ1n) is 6.27. The van der Waals surface area contributed by atoms with Crippen molar-refractivity contribution in [2.75, 3.05) is 6.54 Å². The van der Waals surface area contributed by atoms with Crippen molar-refractivity contribution in [1.82, 2.24) is 10.3 Å². The molecule has 1 amide bonds. The highest BCUT2D eigenvalue weighted by Gasteiger charge is 2.06. The Morgan fingerprint density at radius 3 is 2.52 bits per heavy atom. The van der Waals surface area contributed by atoms with E-state index < -0.39 is 4.92 Å². The van der Waals surface area contributed by atoms with E-state index in [1.54, 1.807) is 12.1 Å². The van der Waals surface area contributed by atoms with Crippen LogP contribution in [0.2, 0.25) is 0 Å². The van der Waals surface area contributed by atoms with Gasteiger partial charge in [-0.1, -0.05) is 18.2 Å². The van der Waals surface area contributed by atoms with Gasteiger partial charge >= 0.3 is 0 Å². The van der Waals surface area contributed by atoms with Crippen LogP contribution in [-0.4, -0.2) is 22.4 Å². The molecule has 0 fully saturated rings. The molecule has 1 heterocycles. The minimum absolute atomic E-state index is 0.0321. The maximum atomic E-state index is 11.8. The zero-order chi connectivity index (χ0) is 15.2. The van der Waals surface area contributed by atoms with Crippen LogP contribution in [0.15, 0.2) is 47.3 Å². The molecule has 0 aliphatic heterocycles. The van der Waals surface area contributed by atoms with E-state index in [-0.39, 0.29) is 22.8 Å². The first kappa shape index (κ1) is 14.4. The maximum absolute atomic E-state index is 11.8. The minimum Gasteiger partial charge on any atom is -0.350 e. The SMILES string of the molecule is O=C(NCCc1ccc([N+](=O)[O-])cc1)c1cccc(=O)[nH]1. The average molecular weight is 287 g/mol. The number of pyridine rings is 1. The number of nitrogens with zero attached hydrogens (tertiary/aromatic N) is 1. The summed E-state index contributed by atoms with van der Waals surface area (Å²) in [6, 6.07) is 10.5. The van der Waals surface area contributed by atoms with Crippen molar-refractivity contribution in [3.8, 4) is 0 Å². The van der Waals surface area contributed by atoms with E-state index in [0.29, 0.717) is 13.0 Å². The van der Waals surface area contributed by atoms with Gasteiger partial charge in [0.2, 0.25) is 5.56 Å². The molecule has 0 aliphatic carbocycles. The molecule has 0 atom stereocenters. The van der Waals surface area contributed by atoms with Crippen molar-refractivity contribution >= 4 is 11.6 Å². The molecule has 0 bridgehead atoms. The number of amides is 1. The molecule has 0 unspecified atom stereocenters. The standard InChI is InChI=1S/C14H13N3O4/c18-13-3-1-2-12(16-13)14(19)15-9-8-10-4-6-11(7-5-10)17(20)21/h1-7H,8-9H2,(H,15,19)(H,16,18). The maximum Gasteiger partial charge on any atom is 0.269 e. The van der Waals surface area contributed by atoms with Crippen molar-refractivity contribution < 1.29 is 9.72 Å². The minimum atomic E-state index is -0.461. The largest absolute Gasteiger partial charge is 0.350 e. The molecule has 21 heavy (non-hydrogen) atoms. The monoisotopic (exact) mass is 287 g/mol. The first-order valence-corrected chi connectivity index (χ1v) is 6.27. The van der Waals surface area contributed by atoms with Gasteiger partial charge in [0.1, 0.15) is 5.69 Å². The number of carbonyl (C=O) groups is 1. The number of rotatable bonds is 5. The summed E-state index contributed by atoms with van der Waals surface area (Å²) in [5.41, 5.74) is 0.774. The summed E-state index contributed by atoms with van der Waals surface area (Å²) < 4.78 is 0. The first-order chi connectivity index (χ1) is 10.1. The van der Waals surface area contributed by atoms with Crippen molar-refractivity contribution in [1.29, 1.82) is 0 Å². The third-order valence-electron chi connectivity index (χ3n) is 2.86. The fraction of sp³-hybridized carbons (Fsp3) is 0.143. The van der Waals surface area contributed by atoms with Gasteiger partial charge < -0.3 is 10.3 Å². The zero-order valence-electron chi connectivity index (χ0n) is 11.0. The van der Waals surface area contributed by atoms with Crippen LogP contribution in [0.3, 0.4) is 0 Å². The highest BCUT2D eigenvalue weighted by atomic mass is 16.6. The normalized spacial score (nSPS) is 10.1. The summed E-state index contributed by atoms with van der Waals surface area (Å²) >= 11 is 0. The highest BCUT2D eigenvalue weighted by molar-refractivity contribution is 5.92. The number of aromatic nitrogens is 1. The molecule has 0 spiro atoms. The van der Waals surface area contributed by atoms with Gasteiger partial charge in [-0.25, -0.2) is 0 Å². The lowest BCUT2D eigenvalue weighted by molar-refractivity contribution is -0.384. The van der Waals surface area contributed by atoms with E-state index in [4.69, 9.17) is 0 Å². The second kappa shape index (κ2) is 6.47. The summed E-state index contributed by atoms with van der Waals surface area (Å²) in [5, 5.41) is 13.2. The zero-order valence-corrected chi connectivity index (χ0v) is 11.0. The second-order valence-corrected chi connectivity index (χ2v) is 4.36. The Hall–Kier alpha value is -2.96. The summed E-state index contributed by atoms with van der Waals surface area (Å²) in [4.78, 5) is 35.3.